The van der Waals surface area contributed by atoms with Crippen LogP contribution in [0.15, 0.2) is 183 Å². The Morgan fingerprint density at radius 2 is 0.914 bits per heavy atom. The summed E-state index contributed by atoms with van der Waals surface area (Å²) in [5, 5.41) is 69.0. The summed E-state index contributed by atoms with van der Waals surface area (Å²) in [5.74, 6) is -8.56. The molecule has 3 aliphatic heterocycles. The minimum atomic E-state index is -3.36. The molecule has 0 bridgehead atoms. The fourth-order valence-corrected chi connectivity index (χ4v) is 14.6. The zero-order valence-corrected chi connectivity index (χ0v) is 62.5. The predicted octanol–water partition coefficient (Wildman–Crippen LogP) is 10.3. The van der Waals surface area contributed by atoms with Gasteiger partial charge in [-0.15, -0.1) is 0 Å². The van der Waals surface area contributed by atoms with Crippen LogP contribution in [0.4, 0.5) is 39.0 Å². The molecule has 3 aliphatic carbocycles. The second-order valence-corrected chi connectivity index (χ2v) is 29.1. The number of benzene rings is 5. The average molecular weight is 1580 g/mol. The number of alkyl halides is 5. The van der Waals surface area contributed by atoms with Gasteiger partial charge in [0.1, 0.15) is 61.4 Å². The van der Waals surface area contributed by atoms with Crippen molar-refractivity contribution in [2.24, 2.45) is 24.8 Å². The smallest absolute Gasteiger partial charge is 0.301 e. The first-order valence-electron chi connectivity index (χ1n) is 37.5. The number of carbonyl (C=O) groups is 6. The van der Waals surface area contributed by atoms with E-state index in [2.05, 4.69) is 42.1 Å². The molecule has 9 aromatic rings. The van der Waals surface area contributed by atoms with E-state index in [0.29, 0.717) is 33.9 Å². The van der Waals surface area contributed by atoms with Gasteiger partial charge in [0.15, 0.2) is 18.4 Å². The molecule has 6 N–H and O–H groups in total. The number of nitriles is 3. The van der Waals surface area contributed by atoms with Crippen LogP contribution >= 0.6 is 0 Å². The molecule has 10 atom stereocenters. The Morgan fingerprint density at radius 3 is 1.34 bits per heavy atom. The normalized spacial score (nSPS) is 21.8. The lowest BCUT2D eigenvalue weighted by Gasteiger charge is -2.38. The monoisotopic (exact) mass is 1580 g/mol. The van der Waals surface area contributed by atoms with Gasteiger partial charge in [0.25, 0.3) is 0 Å². The highest BCUT2D eigenvalue weighted by molar-refractivity contribution is 5.97. The van der Waals surface area contributed by atoms with Crippen molar-refractivity contribution in [3.05, 3.63) is 216 Å². The van der Waals surface area contributed by atoms with Crippen LogP contribution in [0.5, 0.6) is 17.2 Å². The number of aliphatic hydroxyl groups is 3. The van der Waals surface area contributed by atoms with Crippen molar-refractivity contribution in [3.63, 3.8) is 0 Å². The van der Waals surface area contributed by atoms with Crippen molar-refractivity contribution in [1.82, 2.24) is 39.4 Å². The molecule has 26 nitrogen and oxygen atoms in total. The number of piperidine rings is 3. The standard InChI is InChI=1S/C29H26F2N4O4.C29H27FN4O4.C27H26F2N6O4/c30-29(31)17-35(27(37)16-36)10-8-26(29)39-25-7-6-19(11-21(25)14-32)18-3-1-5-22(12-18)34-28(38)24-13-23(24)20-4-2-9-33-15-20;30-25-16-34(28(36)17-35)10-8-27(25)38-26-7-6-19(11-21(26)14-31)18-3-1-5-22(12-18)33-29(37)24-13-23(24)20-4-2-9-32-15-20;1-34-13-18(12-32-34)20-10-21(20)26(38)33-19-4-6-31-22(9-19)16-2-3-23(17(8-16)11-30)39-24-5-7-35(25(37)14-36)15-27(24,28)29/h1-7,9,11-12,15,23-24,26,36H,8,10,13,16-17H2,(H,34,38);1-7,9,11-12,15,23-25,27,35H,8,10,13,16-17H2,(H,33,37);2-4,6,8-9,12-13,20-21,24,36H,5,7,10,14-15H2,1H3,(H,31,33,38)/t23-,24+,26-;23-,24+,25+,27-;20-,21+,24+/m001/s1. The molecule has 7 heterocycles. The van der Waals surface area contributed by atoms with Crippen molar-refractivity contribution < 1.29 is 80.2 Å². The molecule has 596 valence electrons. The maximum atomic E-state index is 14.7. The van der Waals surface area contributed by atoms with Crippen LogP contribution in [0.1, 0.15) is 89.7 Å². The van der Waals surface area contributed by atoms with Crippen molar-refractivity contribution >= 4 is 52.5 Å². The van der Waals surface area contributed by atoms with E-state index in [1.165, 1.54) is 29.3 Å². The number of anilines is 3. The number of amides is 6. The number of aromatic nitrogens is 5. The van der Waals surface area contributed by atoms with E-state index in [4.69, 9.17) is 29.5 Å². The number of hydrogen-bond acceptors (Lipinski definition) is 19. The quantitative estimate of drug-likeness (QED) is 0.0364. The highest BCUT2D eigenvalue weighted by atomic mass is 19.3. The van der Waals surface area contributed by atoms with Crippen LogP contribution in [0.3, 0.4) is 0 Å². The molecule has 6 amide bonds. The highest BCUT2D eigenvalue weighted by Gasteiger charge is 2.51. The summed E-state index contributed by atoms with van der Waals surface area (Å²) >= 11 is 0. The van der Waals surface area contributed by atoms with Gasteiger partial charge < -0.3 is 60.2 Å². The Labute approximate surface area is 662 Å². The summed E-state index contributed by atoms with van der Waals surface area (Å²) < 4.78 is 92.1. The van der Waals surface area contributed by atoms with Crippen molar-refractivity contribution in [2.45, 2.75) is 92.6 Å². The number of rotatable bonds is 21. The lowest BCUT2D eigenvalue weighted by Crippen LogP contribution is -2.55. The first-order chi connectivity index (χ1) is 55.9. The van der Waals surface area contributed by atoms with Gasteiger partial charge in [-0.3, -0.25) is 48.4 Å². The Morgan fingerprint density at radius 1 is 0.491 bits per heavy atom. The van der Waals surface area contributed by atoms with E-state index in [1.807, 2.05) is 80.0 Å². The minimum Gasteiger partial charge on any atom is -0.486 e. The SMILES string of the molecule is Cn1cc([C@H]2C[C@@H]2C(=O)Nc2ccnc(-c3ccc(O[C@H]4CCN(C(=O)CO)CC4(F)F)c(C#N)c3)c2)cn1.N#Cc1cc(-c2cccc(NC(=O)[C@@H]3C[C@H]3c3cccnc3)c2)ccc1O[C@H]1CCN(C(=O)CO)CC1(F)F.N#Cc1cc(-c2cccc(NC(=O)[C@@H]3C[C@H]3c3cccnc3)c2)ccc1O[C@H]1CCN(C(=O)CO)C[C@H]1F. The van der Waals surface area contributed by atoms with E-state index in [9.17, 15) is 66.5 Å². The zero-order chi connectivity index (χ0) is 82.0. The Balaban J connectivity index is 0.000000151. The second kappa shape index (κ2) is 35.6. The van der Waals surface area contributed by atoms with Gasteiger partial charge >= 0.3 is 11.8 Å². The molecule has 15 rings (SSSR count). The molecule has 5 aromatic carbocycles. The van der Waals surface area contributed by atoms with E-state index < -0.39 is 87.0 Å². The van der Waals surface area contributed by atoms with E-state index in [1.54, 1.807) is 102 Å². The van der Waals surface area contributed by atoms with Crippen LogP contribution in [0.25, 0.3) is 33.5 Å². The number of aryl methyl sites for hydroxylation is 1. The summed E-state index contributed by atoms with van der Waals surface area (Å²) in [5.41, 5.74) is 9.33. The molecule has 4 aromatic heterocycles. The number of nitrogens with zero attached hydrogens (tertiary/aromatic N) is 11. The summed E-state index contributed by atoms with van der Waals surface area (Å²) in [4.78, 5) is 88.9. The first-order valence-corrected chi connectivity index (χ1v) is 37.5. The van der Waals surface area contributed by atoms with Gasteiger partial charge in [-0.25, -0.2) is 22.0 Å². The fourth-order valence-electron chi connectivity index (χ4n) is 14.6. The van der Waals surface area contributed by atoms with E-state index in [-0.39, 0.29) is 133 Å². The number of carbonyl (C=O) groups excluding carboxylic acids is 6. The van der Waals surface area contributed by atoms with Gasteiger partial charge in [0.05, 0.1) is 48.2 Å². The van der Waals surface area contributed by atoms with Gasteiger partial charge in [0.2, 0.25) is 35.4 Å². The van der Waals surface area contributed by atoms with Crippen molar-refractivity contribution in [1.29, 1.82) is 15.8 Å². The molecule has 3 saturated heterocycles. The number of likely N-dealkylation sites (tertiary alicyclic amines) is 3. The molecule has 31 heteroatoms. The number of aliphatic hydroxyl groups excluding tert-OH is 3. The second-order valence-electron chi connectivity index (χ2n) is 29.1. The molecule has 116 heavy (non-hydrogen) atoms. The molecule has 0 unspecified atom stereocenters. The van der Waals surface area contributed by atoms with Gasteiger partial charge in [-0.1, -0.05) is 48.5 Å². The molecule has 6 fully saturated rings. The summed E-state index contributed by atoms with van der Waals surface area (Å²) in [7, 11) is 1.83. The number of pyridine rings is 3. The summed E-state index contributed by atoms with van der Waals surface area (Å²) in [6, 6.07) is 46.0. The third kappa shape index (κ3) is 19.4. The first kappa shape index (κ1) is 81.0. The lowest BCUT2D eigenvalue weighted by atomic mass is 10.0. The predicted molar refractivity (Wildman–Crippen MR) is 411 cm³/mol. The van der Waals surface area contributed by atoms with Crippen LogP contribution < -0.4 is 30.2 Å². The van der Waals surface area contributed by atoms with Crippen LogP contribution in [-0.4, -0.2) is 186 Å². The van der Waals surface area contributed by atoms with Gasteiger partial charge in [-0.2, -0.15) is 20.9 Å². The topological polar surface area (TPSA) is 364 Å². The van der Waals surface area contributed by atoms with E-state index in [0.717, 1.165) is 62.4 Å². The van der Waals surface area contributed by atoms with E-state index >= 15 is 0 Å². The number of hydrogen-bond donors (Lipinski definition) is 6. The fraction of sp³-hybridized carbons (Fsp3) is 0.329. The molecule has 6 aliphatic rings. The van der Waals surface area contributed by atoms with Crippen LogP contribution in [-0.2, 0) is 35.8 Å². The summed E-state index contributed by atoms with van der Waals surface area (Å²) in [6.07, 6.45) is 9.18. The highest BCUT2D eigenvalue weighted by Crippen LogP contribution is 2.50. The number of ether oxygens (including phenoxy) is 3. The lowest BCUT2D eigenvalue weighted by molar-refractivity contribution is -0.162. The summed E-state index contributed by atoms with van der Waals surface area (Å²) in [6.45, 7) is -3.93. The Bertz CT molecular complexity index is 5280. The van der Waals surface area contributed by atoms with Crippen LogP contribution in [0, 0.1) is 51.7 Å². The van der Waals surface area contributed by atoms with Crippen molar-refractivity contribution in [3.8, 4) is 69.0 Å². The van der Waals surface area contributed by atoms with Gasteiger partial charge in [-0.05, 0) is 167 Å². The molecular formula is C85H79F5N14O12. The maximum absolute atomic E-state index is 14.7. The van der Waals surface area contributed by atoms with Crippen LogP contribution in [0.2, 0.25) is 0 Å². The molecular weight excluding hydrogens is 1500 g/mol. The third-order valence-corrected chi connectivity index (χ3v) is 21.1. The largest absolute Gasteiger partial charge is 0.486 e. The average Bonchev–Trinajstić information content (AvgIpc) is 1.36. The molecule has 0 radical (unpaired) electrons. The maximum Gasteiger partial charge on any atom is 0.301 e. The minimum absolute atomic E-state index is 0.00585. The zero-order valence-electron chi connectivity index (χ0n) is 62.5. The Kier molecular flexibility index (Phi) is 24.8. The van der Waals surface area contributed by atoms with Crippen molar-refractivity contribution in [2.75, 3.05) is 75.0 Å². The third-order valence-electron chi connectivity index (χ3n) is 21.1. The Hall–Kier alpha value is -13.0. The number of nitrogens with one attached hydrogen (secondary N) is 3. The number of halogens is 5. The van der Waals surface area contributed by atoms with Gasteiger partial charge in [0, 0.05) is 124 Å². The molecule has 3 saturated carbocycles. The molecule has 0 spiro atoms.